The second kappa shape index (κ2) is 10.5. The highest BCUT2D eigenvalue weighted by Crippen LogP contribution is 2.34. The number of hydrogen-bond acceptors (Lipinski definition) is 7. The molecule has 0 saturated heterocycles. The van der Waals surface area contributed by atoms with E-state index in [4.69, 9.17) is 4.74 Å². The Morgan fingerprint density at radius 1 is 1.06 bits per heavy atom. The van der Waals surface area contributed by atoms with Crippen molar-refractivity contribution in [3.8, 4) is 22.1 Å². The van der Waals surface area contributed by atoms with Crippen molar-refractivity contribution in [3.05, 3.63) is 71.6 Å². The molecule has 168 valence electrons. The number of thiophene rings is 1. The first-order chi connectivity index (χ1) is 16.1. The third-order valence-corrected chi connectivity index (χ3v) is 6.63. The SMILES string of the molecule is COc1ccccc1-n1c(SCCC(=O)Nc2ccc(C(C)=O)cc2)nnc1-c1cccs1. The van der Waals surface area contributed by atoms with Crippen LogP contribution in [0.5, 0.6) is 5.75 Å². The molecule has 2 aromatic heterocycles. The molecule has 33 heavy (non-hydrogen) atoms. The van der Waals surface area contributed by atoms with Gasteiger partial charge in [0.25, 0.3) is 0 Å². The van der Waals surface area contributed by atoms with E-state index in [0.29, 0.717) is 34.3 Å². The number of rotatable bonds is 9. The minimum absolute atomic E-state index is 0.00893. The first-order valence-corrected chi connectivity index (χ1v) is 12.1. The number of ether oxygens (including phenoxy) is 1. The van der Waals surface area contributed by atoms with E-state index in [1.165, 1.54) is 18.7 Å². The van der Waals surface area contributed by atoms with E-state index < -0.39 is 0 Å². The molecule has 0 atom stereocenters. The molecule has 0 radical (unpaired) electrons. The van der Waals surface area contributed by atoms with E-state index >= 15 is 0 Å². The average Bonchev–Trinajstić information content (AvgIpc) is 3.49. The Labute approximate surface area is 199 Å². The molecule has 1 amide bonds. The molecule has 0 fully saturated rings. The van der Waals surface area contributed by atoms with E-state index in [2.05, 4.69) is 15.5 Å². The predicted octanol–water partition coefficient (Wildman–Crippen LogP) is 5.33. The number of amides is 1. The van der Waals surface area contributed by atoms with Gasteiger partial charge in [0, 0.05) is 23.4 Å². The second-order valence-electron chi connectivity index (χ2n) is 7.07. The van der Waals surface area contributed by atoms with E-state index in [-0.39, 0.29) is 11.7 Å². The number of Topliss-reactive ketones (excluding diaryl/α,β-unsaturated/α-hetero) is 1. The maximum Gasteiger partial charge on any atom is 0.225 e. The summed E-state index contributed by atoms with van der Waals surface area (Å²) in [6.45, 7) is 1.51. The van der Waals surface area contributed by atoms with Crippen molar-refractivity contribution < 1.29 is 14.3 Å². The number of para-hydroxylation sites is 2. The lowest BCUT2D eigenvalue weighted by Crippen LogP contribution is -2.12. The Morgan fingerprint density at radius 2 is 1.85 bits per heavy atom. The Morgan fingerprint density at radius 3 is 2.55 bits per heavy atom. The predicted molar refractivity (Wildman–Crippen MR) is 132 cm³/mol. The summed E-state index contributed by atoms with van der Waals surface area (Å²) in [5.41, 5.74) is 2.11. The first kappa shape index (κ1) is 22.8. The third-order valence-electron chi connectivity index (χ3n) is 4.84. The van der Waals surface area contributed by atoms with Gasteiger partial charge in [-0.15, -0.1) is 21.5 Å². The van der Waals surface area contributed by atoms with Gasteiger partial charge in [0.05, 0.1) is 17.7 Å². The number of benzene rings is 2. The Hall–Kier alpha value is -3.43. The van der Waals surface area contributed by atoms with Crippen LogP contribution >= 0.6 is 23.1 Å². The summed E-state index contributed by atoms with van der Waals surface area (Å²) in [5.74, 6) is 1.84. The van der Waals surface area contributed by atoms with Crippen LogP contribution in [0, 0.1) is 0 Å². The van der Waals surface area contributed by atoms with Crippen molar-refractivity contribution in [1.29, 1.82) is 0 Å². The van der Waals surface area contributed by atoms with E-state index in [1.807, 2.05) is 46.3 Å². The highest BCUT2D eigenvalue weighted by atomic mass is 32.2. The molecule has 0 spiro atoms. The standard InChI is InChI=1S/C24H22N4O3S2/c1-16(29)17-9-11-18(12-10-17)25-22(30)13-15-33-24-27-26-23(21-8-5-14-32-21)28(24)19-6-3-4-7-20(19)31-2/h3-12,14H,13,15H2,1-2H3,(H,25,30). The van der Waals surface area contributed by atoms with Gasteiger partial charge in [-0.25, -0.2) is 0 Å². The number of carbonyl (C=O) groups is 2. The quantitative estimate of drug-likeness (QED) is 0.259. The van der Waals surface area contributed by atoms with Crippen LogP contribution in [0.3, 0.4) is 0 Å². The summed E-state index contributed by atoms with van der Waals surface area (Å²) in [5, 5.41) is 14.4. The lowest BCUT2D eigenvalue weighted by molar-refractivity contribution is -0.115. The van der Waals surface area contributed by atoms with Crippen molar-refractivity contribution in [2.45, 2.75) is 18.5 Å². The van der Waals surface area contributed by atoms with Gasteiger partial charge in [-0.2, -0.15) is 0 Å². The molecule has 9 heteroatoms. The van der Waals surface area contributed by atoms with Crippen LogP contribution in [-0.4, -0.2) is 39.3 Å². The van der Waals surface area contributed by atoms with Crippen molar-refractivity contribution in [2.75, 3.05) is 18.2 Å². The minimum atomic E-state index is -0.111. The second-order valence-corrected chi connectivity index (χ2v) is 9.08. The summed E-state index contributed by atoms with van der Waals surface area (Å²) >= 11 is 3.04. The van der Waals surface area contributed by atoms with E-state index in [0.717, 1.165) is 16.4 Å². The largest absolute Gasteiger partial charge is 0.495 e. The summed E-state index contributed by atoms with van der Waals surface area (Å²) in [4.78, 5) is 24.8. The average molecular weight is 479 g/mol. The van der Waals surface area contributed by atoms with Gasteiger partial charge in [-0.05, 0) is 54.8 Å². The van der Waals surface area contributed by atoms with Gasteiger partial charge >= 0.3 is 0 Å². The molecule has 0 bridgehead atoms. The number of methoxy groups -OCH3 is 1. The zero-order valence-electron chi connectivity index (χ0n) is 18.1. The molecule has 0 aliphatic heterocycles. The maximum atomic E-state index is 12.4. The van der Waals surface area contributed by atoms with Crippen molar-refractivity contribution in [3.63, 3.8) is 0 Å². The van der Waals surface area contributed by atoms with Gasteiger partial charge in [0.1, 0.15) is 5.75 Å². The van der Waals surface area contributed by atoms with Crippen molar-refractivity contribution >= 4 is 40.5 Å². The topological polar surface area (TPSA) is 86.1 Å². The van der Waals surface area contributed by atoms with Crippen molar-refractivity contribution in [1.82, 2.24) is 14.8 Å². The van der Waals surface area contributed by atoms with Gasteiger partial charge in [0.15, 0.2) is 16.8 Å². The van der Waals surface area contributed by atoms with Gasteiger partial charge in [-0.1, -0.05) is 30.0 Å². The van der Waals surface area contributed by atoms with Crippen molar-refractivity contribution in [2.24, 2.45) is 0 Å². The number of nitrogens with zero attached hydrogens (tertiary/aromatic N) is 3. The molecule has 4 rings (SSSR count). The Bertz CT molecular complexity index is 1250. The van der Waals surface area contributed by atoms with Crippen LogP contribution in [0.4, 0.5) is 5.69 Å². The Balaban J connectivity index is 1.48. The molecule has 0 aliphatic carbocycles. The number of carbonyl (C=O) groups excluding carboxylic acids is 2. The molecular formula is C24H22N4O3S2. The van der Waals surface area contributed by atoms with Gasteiger partial charge in [0.2, 0.25) is 5.91 Å². The van der Waals surface area contributed by atoms with Crippen LogP contribution < -0.4 is 10.1 Å². The molecule has 2 aromatic carbocycles. The highest BCUT2D eigenvalue weighted by molar-refractivity contribution is 7.99. The highest BCUT2D eigenvalue weighted by Gasteiger charge is 2.19. The minimum Gasteiger partial charge on any atom is -0.495 e. The number of hydrogen-bond donors (Lipinski definition) is 1. The Kier molecular flexibility index (Phi) is 7.21. The van der Waals surface area contributed by atoms with Crippen LogP contribution in [0.15, 0.2) is 71.2 Å². The maximum absolute atomic E-state index is 12.4. The van der Waals surface area contributed by atoms with E-state index in [1.54, 1.807) is 42.7 Å². The fourth-order valence-electron chi connectivity index (χ4n) is 3.21. The number of thioether (sulfide) groups is 1. The van der Waals surface area contributed by atoms with Crippen LogP contribution in [-0.2, 0) is 4.79 Å². The van der Waals surface area contributed by atoms with Crippen LogP contribution in [0.1, 0.15) is 23.7 Å². The number of ketones is 1. The summed E-state index contributed by atoms with van der Waals surface area (Å²) < 4.78 is 7.53. The summed E-state index contributed by atoms with van der Waals surface area (Å²) in [6, 6.07) is 18.5. The lowest BCUT2D eigenvalue weighted by Gasteiger charge is -2.13. The third kappa shape index (κ3) is 5.32. The van der Waals surface area contributed by atoms with Crippen LogP contribution in [0.2, 0.25) is 0 Å². The molecule has 4 aromatic rings. The number of aromatic nitrogens is 3. The van der Waals surface area contributed by atoms with Crippen LogP contribution in [0.25, 0.3) is 16.4 Å². The molecule has 0 unspecified atom stereocenters. The molecular weight excluding hydrogens is 456 g/mol. The van der Waals surface area contributed by atoms with Gasteiger partial charge in [-0.3, -0.25) is 14.2 Å². The zero-order chi connectivity index (χ0) is 23.2. The fourth-order valence-corrected chi connectivity index (χ4v) is 4.79. The lowest BCUT2D eigenvalue weighted by atomic mass is 10.1. The smallest absolute Gasteiger partial charge is 0.225 e. The molecule has 7 nitrogen and oxygen atoms in total. The number of anilines is 1. The summed E-state index contributed by atoms with van der Waals surface area (Å²) in [7, 11) is 1.63. The monoisotopic (exact) mass is 478 g/mol. The number of nitrogens with one attached hydrogen (secondary N) is 1. The molecule has 2 heterocycles. The molecule has 1 N–H and O–H groups in total. The fraction of sp³-hybridized carbons (Fsp3) is 0.167. The first-order valence-electron chi connectivity index (χ1n) is 10.2. The summed E-state index contributed by atoms with van der Waals surface area (Å²) in [6.07, 6.45) is 0.298. The van der Waals surface area contributed by atoms with E-state index in [9.17, 15) is 9.59 Å². The zero-order valence-corrected chi connectivity index (χ0v) is 19.8. The van der Waals surface area contributed by atoms with Gasteiger partial charge < -0.3 is 10.1 Å². The normalized spacial score (nSPS) is 10.7. The molecule has 0 saturated carbocycles. The molecule has 0 aliphatic rings.